The van der Waals surface area contributed by atoms with Crippen molar-refractivity contribution >= 4 is 5.97 Å². The van der Waals surface area contributed by atoms with E-state index in [0.29, 0.717) is 13.2 Å². The van der Waals surface area contributed by atoms with Gasteiger partial charge in [-0.25, -0.2) is 4.79 Å². The van der Waals surface area contributed by atoms with Gasteiger partial charge >= 0.3 is 5.97 Å². The topological polar surface area (TPSA) is 53.1 Å². The fraction of sp³-hybridized carbons (Fsp3) is 0.500. The first-order valence-corrected chi connectivity index (χ1v) is 3.78. The van der Waals surface area contributed by atoms with Crippen LogP contribution in [-0.2, 0) is 9.53 Å². The molecule has 0 spiro atoms. The van der Waals surface area contributed by atoms with Crippen LogP contribution in [-0.4, -0.2) is 30.1 Å². The van der Waals surface area contributed by atoms with Crippen LogP contribution in [0.3, 0.4) is 0 Å². The molecule has 0 aromatic heterocycles. The van der Waals surface area contributed by atoms with Gasteiger partial charge in [-0.15, -0.1) is 0 Å². The van der Waals surface area contributed by atoms with Crippen molar-refractivity contribution in [1.82, 2.24) is 4.90 Å². The maximum Gasteiger partial charge on any atom is 0.332 e. The number of hydrogen-bond donors (Lipinski definition) is 0. The van der Waals surface area contributed by atoms with Crippen LogP contribution in [0.25, 0.3) is 0 Å². The fourth-order valence-electron chi connectivity index (χ4n) is 0.779. The van der Waals surface area contributed by atoms with Crippen molar-refractivity contribution in [3.8, 4) is 6.07 Å². The molecule has 0 radical (unpaired) electrons. The second kappa shape index (κ2) is 3.77. The molecule has 1 heterocycles. The van der Waals surface area contributed by atoms with Gasteiger partial charge in [0, 0.05) is 12.3 Å². The van der Waals surface area contributed by atoms with Crippen molar-refractivity contribution in [3.05, 3.63) is 12.3 Å². The Morgan fingerprint density at radius 1 is 1.92 bits per heavy atom. The molecule has 0 aromatic carbocycles. The van der Waals surface area contributed by atoms with Crippen LogP contribution in [0.15, 0.2) is 12.3 Å². The van der Waals surface area contributed by atoms with E-state index in [2.05, 4.69) is 10.8 Å². The highest BCUT2D eigenvalue weighted by molar-refractivity contribution is 5.81. The second-order valence-electron chi connectivity index (χ2n) is 2.41. The van der Waals surface area contributed by atoms with Gasteiger partial charge in [0.1, 0.15) is 6.04 Å². The average Bonchev–Trinajstić information content (AvgIpc) is 2.80. The average molecular weight is 166 g/mol. The van der Waals surface area contributed by atoms with Gasteiger partial charge in [-0.2, -0.15) is 5.26 Å². The van der Waals surface area contributed by atoms with Gasteiger partial charge in [-0.3, -0.25) is 0 Å². The van der Waals surface area contributed by atoms with Gasteiger partial charge in [0.05, 0.1) is 19.2 Å². The lowest BCUT2D eigenvalue weighted by molar-refractivity contribution is -0.137. The van der Waals surface area contributed by atoms with Crippen LogP contribution in [0, 0.1) is 11.3 Å². The Morgan fingerprint density at radius 3 is 3.17 bits per heavy atom. The van der Waals surface area contributed by atoms with Gasteiger partial charge in [0.2, 0.25) is 0 Å². The van der Waals surface area contributed by atoms with E-state index >= 15 is 0 Å². The molecule has 0 saturated carbocycles. The van der Waals surface area contributed by atoms with E-state index in [1.54, 1.807) is 18.0 Å². The summed E-state index contributed by atoms with van der Waals surface area (Å²) >= 11 is 0. The predicted octanol–water partition coefficient (Wildman–Crippen LogP) is 0.271. The number of nitriles is 1. The van der Waals surface area contributed by atoms with Crippen molar-refractivity contribution in [2.45, 2.75) is 13.0 Å². The van der Waals surface area contributed by atoms with Gasteiger partial charge in [-0.05, 0) is 6.92 Å². The van der Waals surface area contributed by atoms with Crippen molar-refractivity contribution in [2.24, 2.45) is 0 Å². The van der Waals surface area contributed by atoms with E-state index < -0.39 is 0 Å². The Balaban J connectivity index is 2.24. The molecule has 0 aliphatic carbocycles. The number of hydrogen-bond acceptors (Lipinski definition) is 4. The normalized spacial score (nSPS) is 20.7. The minimum Gasteiger partial charge on any atom is -0.463 e. The summed E-state index contributed by atoms with van der Waals surface area (Å²) in [7, 11) is 0. The molecule has 0 N–H and O–H groups in total. The number of rotatable bonds is 3. The van der Waals surface area contributed by atoms with Crippen molar-refractivity contribution in [3.63, 3.8) is 0 Å². The van der Waals surface area contributed by atoms with E-state index in [-0.39, 0.29) is 12.0 Å². The van der Waals surface area contributed by atoms with Crippen LogP contribution >= 0.6 is 0 Å². The first kappa shape index (κ1) is 8.60. The fourth-order valence-corrected chi connectivity index (χ4v) is 0.779. The van der Waals surface area contributed by atoms with E-state index in [9.17, 15) is 4.79 Å². The molecule has 4 nitrogen and oxygen atoms in total. The molecule has 12 heavy (non-hydrogen) atoms. The van der Waals surface area contributed by atoms with E-state index in [4.69, 9.17) is 5.26 Å². The SMILES string of the molecule is CCOC(=O)C=CN1CC1C#N. The second-order valence-corrected chi connectivity index (χ2v) is 2.41. The molecule has 1 atom stereocenters. The quantitative estimate of drug-likeness (QED) is 0.343. The molecule has 0 aromatic rings. The molecule has 1 saturated heterocycles. The molecule has 4 heteroatoms. The number of carbonyl (C=O) groups excluding carboxylic acids is 1. The molecule has 1 aliphatic rings. The molecule has 64 valence electrons. The third-order valence-corrected chi connectivity index (χ3v) is 1.49. The van der Waals surface area contributed by atoms with E-state index in [0.717, 1.165) is 0 Å². The maximum atomic E-state index is 10.8. The number of carbonyl (C=O) groups is 1. The Kier molecular flexibility index (Phi) is 2.70. The van der Waals surface area contributed by atoms with Crippen molar-refractivity contribution < 1.29 is 9.53 Å². The monoisotopic (exact) mass is 166 g/mol. The van der Waals surface area contributed by atoms with Crippen LogP contribution < -0.4 is 0 Å². The van der Waals surface area contributed by atoms with E-state index in [1.807, 2.05) is 0 Å². The zero-order valence-corrected chi connectivity index (χ0v) is 6.86. The Morgan fingerprint density at radius 2 is 2.67 bits per heavy atom. The van der Waals surface area contributed by atoms with Crippen LogP contribution in [0.5, 0.6) is 0 Å². The molecule has 1 rings (SSSR count). The summed E-state index contributed by atoms with van der Waals surface area (Å²) in [6.45, 7) is 2.85. The van der Waals surface area contributed by atoms with Crippen LogP contribution in [0.4, 0.5) is 0 Å². The highest BCUT2D eigenvalue weighted by atomic mass is 16.5. The third-order valence-electron chi connectivity index (χ3n) is 1.49. The summed E-state index contributed by atoms with van der Waals surface area (Å²) in [6, 6.07) is 2.02. The van der Waals surface area contributed by atoms with Crippen molar-refractivity contribution in [2.75, 3.05) is 13.2 Å². The Hall–Kier alpha value is -1.50. The standard InChI is InChI=1S/C8H10N2O2/c1-2-12-8(11)3-4-10-6-7(10)5-9/h3-4,7H,2,6H2,1H3. The molecule has 1 fully saturated rings. The molecule has 1 unspecified atom stereocenters. The van der Waals surface area contributed by atoms with Gasteiger partial charge in [-0.1, -0.05) is 0 Å². The number of nitrogens with zero attached hydrogens (tertiary/aromatic N) is 2. The minimum absolute atomic E-state index is 0.0457. The Bertz CT molecular complexity index is 242. The van der Waals surface area contributed by atoms with Gasteiger partial charge in [0.25, 0.3) is 0 Å². The zero-order chi connectivity index (χ0) is 8.97. The predicted molar refractivity (Wildman–Crippen MR) is 41.9 cm³/mol. The smallest absolute Gasteiger partial charge is 0.332 e. The zero-order valence-electron chi connectivity index (χ0n) is 6.86. The number of ether oxygens (including phenoxy) is 1. The third kappa shape index (κ3) is 2.27. The van der Waals surface area contributed by atoms with E-state index in [1.165, 1.54) is 6.08 Å². The highest BCUT2D eigenvalue weighted by Gasteiger charge is 2.30. The number of esters is 1. The lowest BCUT2D eigenvalue weighted by Crippen LogP contribution is -2.00. The van der Waals surface area contributed by atoms with Gasteiger partial charge < -0.3 is 9.64 Å². The lowest BCUT2D eigenvalue weighted by atomic mass is 10.5. The molecule has 1 aliphatic heterocycles. The summed E-state index contributed by atoms with van der Waals surface area (Å²) in [5.74, 6) is -0.360. The van der Waals surface area contributed by atoms with Crippen molar-refractivity contribution in [1.29, 1.82) is 5.26 Å². The maximum absolute atomic E-state index is 10.8. The first-order valence-electron chi connectivity index (χ1n) is 3.78. The van der Waals surface area contributed by atoms with Crippen LogP contribution in [0.2, 0.25) is 0 Å². The summed E-state index contributed by atoms with van der Waals surface area (Å²) < 4.78 is 4.65. The largest absolute Gasteiger partial charge is 0.463 e. The summed E-state index contributed by atoms with van der Waals surface area (Å²) in [4.78, 5) is 12.5. The lowest BCUT2D eigenvalue weighted by Gasteiger charge is -1.94. The first-order chi connectivity index (χ1) is 5.77. The molecular formula is C8H10N2O2. The molecule has 0 bridgehead atoms. The molecule has 0 amide bonds. The Labute approximate surface area is 71.0 Å². The molecular weight excluding hydrogens is 156 g/mol. The highest BCUT2D eigenvalue weighted by Crippen LogP contribution is 2.15. The van der Waals surface area contributed by atoms with Crippen LogP contribution in [0.1, 0.15) is 6.92 Å². The minimum atomic E-state index is -0.360. The summed E-state index contributed by atoms with van der Waals surface area (Å²) in [5.41, 5.74) is 0. The van der Waals surface area contributed by atoms with Gasteiger partial charge in [0.15, 0.2) is 0 Å². The summed E-state index contributed by atoms with van der Waals surface area (Å²) in [5, 5.41) is 8.40. The summed E-state index contributed by atoms with van der Waals surface area (Å²) in [6.07, 6.45) is 2.92.